The molecule has 0 saturated heterocycles. The van der Waals surface area contributed by atoms with Crippen molar-refractivity contribution in [3.05, 3.63) is 11.6 Å². The molecule has 1 N–H and O–H groups in total. The molecule has 0 bridgehead atoms. The minimum absolute atomic E-state index is 0.0515. The highest BCUT2D eigenvalue weighted by Crippen LogP contribution is 2.42. The van der Waals surface area contributed by atoms with Crippen LogP contribution in [0.1, 0.15) is 81.6 Å². The highest BCUT2D eigenvalue weighted by molar-refractivity contribution is 6.74. The monoisotopic (exact) mass is 396 g/mol. The molecule has 1 aliphatic carbocycles. The number of aliphatic hydroxyl groups excluding tert-OH is 1. The van der Waals surface area contributed by atoms with Crippen LogP contribution in [0.15, 0.2) is 11.6 Å². The second-order valence-corrected chi connectivity index (χ2v) is 16.6. The number of hydrogen-bond donors (Lipinski definition) is 1. The largest absolute Gasteiger partial charge is 0.416 e. The molecule has 0 aromatic heterocycles. The molecule has 27 heavy (non-hydrogen) atoms. The van der Waals surface area contributed by atoms with Crippen LogP contribution in [-0.2, 0) is 4.43 Å². The zero-order valence-corrected chi connectivity index (χ0v) is 21.1. The Morgan fingerprint density at radius 1 is 1.11 bits per heavy atom. The molecule has 3 heteroatoms. The number of hydrogen-bond acceptors (Lipinski definition) is 2. The van der Waals surface area contributed by atoms with Gasteiger partial charge in [0.2, 0.25) is 0 Å². The van der Waals surface area contributed by atoms with Gasteiger partial charge >= 0.3 is 0 Å². The van der Waals surface area contributed by atoms with Crippen LogP contribution >= 0.6 is 0 Å². The van der Waals surface area contributed by atoms with Crippen LogP contribution in [0.5, 0.6) is 0 Å². The lowest BCUT2D eigenvalue weighted by atomic mass is 9.67. The molecule has 1 saturated carbocycles. The zero-order chi connectivity index (χ0) is 21.2. The molecule has 1 aliphatic rings. The van der Waals surface area contributed by atoms with E-state index in [0.29, 0.717) is 17.8 Å². The lowest BCUT2D eigenvalue weighted by molar-refractivity contribution is 0.0413. The van der Waals surface area contributed by atoms with Crippen molar-refractivity contribution in [2.24, 2.45) is 29.1 Å². The molecule has 4 atom stereocenters. The molecule has 0 heterocycles. The lowest BCUT2D eigenvalue weighted by Crippen LogP contribution is -2.43. The van der Waals surface area contributed by atoms with Gasteiger partial charge in [0.05, 0.1) is 6.10 Å². The SMILES string of the molecule is C/C(=C\[C@H](O)[C@@H]1C[C@H](C)CC[C@@H]1C(C)C)C(C)(C)CO[Si](C)(C)C(C)(C)C. The van der Waals surface area contributed by atoms with E-state index >= 15 is 0 Å². The second kappa shape index (κ2) is 9.13. The molecule has 0 spiro atoms. The van der Waals surface area contributed by atoms with Crippen molar-refractivity contribution in [3.63, 3.8) is 0 Å². The van der Waals surface area contributed by atoms with Gasteiger partial charge < -0.3 is 9.53 Å². The van der Waals surface area contributed by atoms with Crippen LogP contribution < -0.4 is 0 Å². The summed E-state index contributed by atoms with van der Waals surface area (Å²) in [6, 6.07) is 0. The first-order valence-electron chi connectivity index (χ1n) is 11.1. The minimum Gasteiger partial charge on any atom is -0.416 e. The molecular formula is C24H48O2Si. The fourth-order valence-electron chi connectivity index (χ4n) is 3.97. The topological polar surface area (TPSA) is 29.5 Å². The molecule has 1 fully saturated rings. The molecule has 0 unspecified atom stereocenters. The first kappa shape index (κ1) is 24.9. The van der Waals surface area contributed by atoms with Crippen molar-refractivity contribution in [1.29, 1.82) is 0 Å². The molecule has 0 radical (unpaired) electrons. The minimum atomic E-state index is -1.76. The van der Waals surface area contributed by atoms with Crippen molar-refractivity contribution in [2.45, 2.75) is 106 Å². The van der Waals surface area contributed by atoms with Crippen LogP contribution in [0.2, 0.25) is 18.1 Å². The lowest BCUT2D eigenvalue weighted by Gasteiger charge is -2.41. The average Bonchev–Trinajstić information content (AvgIpc) is 2.51. The van der Waals surface area contributed by atoms with Gasteiger partial charge in [-0.2, -0.15) is 0 Å². The zero-order valence-electron chi connectivity index (χ0n) is 20.1. The van der Waals surface area contributed by atoms with Gasteiger partial charge in [0.1, 0.15) is 0 Å². The summed E-state index contributed by atoms with van der Waals surface area (Å²) in [6.45, 7) is 25.9. The van der Waals surface area contributed by atoms with E-state index in [1.807, 2.05) is 0 Å². The Bertz CT molecular complexity index is 499. The quantitative estimate of drug-likeness (QED) is 0.369. The van der Waals surface area contributed by atoms with E-state index < -0.39 is 8.32 Å². The first-order chi connectivity index (χ1) is 12.1. The van der Waals surface area contributed by atoms with E-state index in [1.54, 1.807) is 0 Å². The summed E-state index contributed by atoms with van der Waals surface area (Å²) in [5, 5.41) is 11.3. The summed E-state index contributed by atoms with van der Waals surface area (Å²) >= 11 is 0. The van der Waals surface area contributed by atoms with E-state index in [0.717, 1.165) is 18.9 Å². The molecule has 2 nitrogen and oxygen atoms in total. The fourth-order valence-corrected chi connectivity index (χ4v) is 5.12. The van der Waals surface area contributed by atoms with Gasteiger partial charge in [0.25, 0.3) is 0 Å². The van der Waals surface area contributed by atoms with Gasteiger partial charge in [-0.3, -0.25) is 0 Å². The predicted molar refractivity (Wildman–Crippen MR) is 122 cm³/mol. The van der Waals surface area contributed by atoms with Gasteiger partial charge in [-0.15, -0.1) is 0 Å². The standard InChI is InChI=1S/C24H48O2Si/c1-17(2)20-13-12-18(3)14-21(20)22(25)15-19(4)24(8,9)16-26-27(10,11)23(5,6)7/h15,17-18,20-22,25H,12-14,16H2,1-11H3/b19-15+/t18-,20-,21-,22+/m1/s1. The molecular weight excluding hydrogens is 348 g/mol. The Balaban J connectivity index is 2.87. The summed E-state index contributed by atoms with van der Waals surface area (Å²) in [5.74, 6) is 2.39. The van der Waals surface area contributed by atoms with Crippen LogP contribution in [0.4, 0.5) is 0 Å². The number of aliphatic hydroxyl groups is 1. The molecule has 160 valence electrons. The summed E-state index contributed by atoms with van der Waals surface area (Å²) in [6.07, 6.45) is 5.51. The van der Waals surface area contributed by atoms with E-state index in [-0.39, 0.29) is 16.6 Å². The van der Waals surface area contributed by atoms with Crippen LogP contribution in [0.25, 0.3) is 0 Å². The van der Waals surface area contributed by atoms with Gasteiger partial charge in [0.15, 0.2) is 8.32 Å². The van der Waals surface area contributed by atoms with Crippen molar-refractivity contribution in [2.75, 3.05) is 6.61 Å². The normalized spacial score (nSPS) is 27.1. The highest BCUT2D eigenvalue weighted by atomic mass is 28.4. The molecule has 0 aliphatic heterocycles. The average molecular weight is 397 g/mol. The van der Waals surface area contributed by atoms with E-state index in [4.69, 9.17) is 4.43 Å². The Morgan fingerprint density at radius 3 is 2.15 bits per heavy atom. The summed E-state index contributed by atoms with van der Waals surface area (Å²) in [5.41, 5.74) is 1.21. The van der Waals surface area contributed by atoms with Crippen molar-refractivity contribution >= 4 is 8.32 Å². The van der Waals surface area contributed by atoms with Crippen molar-refractivity contribution < 1.29 is 9.53 Å². The third-order valence-electron chi connectivity index (χ3n) is 7.60. The smallest absolute Gasteiger partial charge is 0.192 e. The Morgan fingerprint density at radius 2 is 1.67 bits per heavy atom. The maximum Gasteiger partial charge on any atom is 0.192 e. The summed E-state index contributed by atoms with van der Waals surface area (Å²) < 4.78 is 6.50. The first-order valence-corrected chi connectivity index (χ1v) is 14.0. The van der Waals surface area contributed by atoms with E-state index in [2.05, 4.69) is 81.5 Å². The highest BCUT2D eigenvalue weighted by Gasteiger charge is 2.39. The summed E-state index contributed by atoms with van der Waals surface area (Å²) in [4.78, 5) is 0. The maximum atomic E-state index is 11.1. The third-order valence-corrected chi connectivity index (χ3v) is 12.1. The molecule has 0 aromatic carbocycles. The van der Waals surface area contributed by atoms with Crippen LogP contribution in [0, 0.1) is 29.1 Å². The van der Waals surface area contributed by atoms with Gasteiger partial charge in [-0.25, -0.2) is 0 Å². The van der Waals surface area contributed by atoms with Crippen LogP contribution in [-0.4, -0.2) is 26.1 Å². The van der Waals surface area contributed by atoms with Gasteiger partial charge in [-0.1, -0.05) is 73.5 Å². The maximum absolute atomic E-state index is 11.1. The Kier molecular flexibility index (Phi) is 8.43. The van der Waals surface area contributed by atoms with Crippen LogP contribution in [0.3, 0.4) is 0 Å². The fraction of sp³-hybridized carbons (Fsp3) is 0.917. The van der Waals surface area contributed by atoms with Gasteiger partial charge in [0, 0.05) is 12.0 Å². The van der Waals surface area contributed by atoms with E-state index in [9.17, 15) is 5.11 Å². The van der Waals surface area contributed by atoms with E-state index in [1.165, 1.54) is 18.4 Å². The van der Waals surface area contributed by atoms with Crippen molar-refractivity contribution in [1.82, 2.24) is 0 Å². The molecule has 1 rings (SSSR count). The molecule has 0 aromatic rings. The molecule has 0 amide bonds. The third kappa shape index (κ3) is 6.71. The predicted octanol–water partition coefficient (Wildman–Crippen LogP) is 7.05. The Labute approximate surface area is 171 Å². The summed E-state index contributed by atoms with van der Waals surface area (Å²) in [7, 11) is -1.76. The second-order valence-electron chi connectivity index (χ2n) is 11.8. The Hall–Kier alpha value is -0.123. The number of rotatable bonds is 7. The van der Waals surface area contributed by atoms with Gasteiger partial charge in [-0.05, 0) is 61.6 Å². The van der Waals surface area contributed by atoms with Crippen molar-refractivity contribution in [3.8, 4) is 0 Å².